The molecule has 0 bridgehead atoms. The number of carbonyl (C=O) groups excluding carboxylic acids is 1. The molecular weight excluding hydrogens is 447 g/mol. The number of methoxy groups -OCH3 is 1. The Labute approximate surface area is 186 Å². The second-order valence-corrected chi connectivity index (χ2v) is 7.44. The van der Waals surface area contributed by atoms with Crippen LogP contribution in [-0.4, -0.2) is 62.2 Å². The summed E-state index contributed by atoms with van der Waals surface area (Å²) in [6.07, 6.45) is -4.68. The van der Waals surface area contributed by atoms with Gasteiger partial charge in [0, 0.05) is 37.8 Å². The summed E-state index contributed by atoms with van der Waals surface area (Å²) in [4.78, 5) is 26.8. The number of halogens is 3. The molecule has 2 aromatic carbocycles. The van der Waals surface area contributed by atoms with E-state index in [0.717, 1.165) is 12.1 Å². The molecule has 0 unspecified atom stereocenters. The summed E-state index contributed by atoms with van der Waals surface area (Å²) in [5.74, 6) is 0.920. The molecule has 0 radical (unpaired) electrons. The minimum absolute atomic E-state index is 0.0843. The third kappa shape index (κ3) is 4.45. The second kappa shape index (κ2) is 8.68. The first-order valence-electron chi connectivity index (χ1n) is 10.1. The normalized spacial score (nSPS) is 15.9. The standard InChI is InChI=1S/C21H20F3N3O6/c1-31-17-10-13(11-18-19(17)33-9-8-32-18)20(28)26-6-4-25(5-7-26)15-3-2-14(21(22,23)24)12-16(15)27(29)30/h2-3,10-12H,4-9H2,1H3. The lowest BCUT2D eigenvalue weighted by Crippen LogP contribution is -2.49. The molecule has 0 aliphatic carbocycles. The van der Waals surface area contributed by atoms with Crippen LogP contribution in [0.25, 0.3) is 0 Å². The lowest BCUT2D eigenvalue weighted by Gasteiger charge is -2.36. The van der Waals surface area contributed by atoms with Crippen LogP contribution in [-0.2, 0) is 6.18 Å². The van der Waals surface area contributed by atoms with Crippen LogP contribution < -0.4 is 19.1 Å². The van der Waals surface area contributed by atoms with E-state index in [9.17, 15) is 28.1 Å². The predicted octanol–water partition coefficient (Wildman–Crippen LogP) is 3.36. The van der Waals surface area contributed by atoms with Crippen LogP contribution in [0.1, 0.15) is 15.9 Å². The number of nitrogens with zero attached hydrogens (tertiary/aromatic N) is 3. The molecule has 2 aliphatic heterocycles. The van der Waals surface area contributed by atoms with Crippen LogP contribution in [0.3, 0.4) is 0 Å². The van der Waals surface area contributed by atoms with Crippen molar-refractivity contribution in [1.82, 2.24) is 4.90 Å². The Hall–Kier alpha value is -3.70. The number of amides is 1. The number of hydrogen-bond donors (Lipinski definition) is 0. The second-order valence-electron chi connectivity index (χ2n) is 7.44. The summed E-state index contributed by atoms with van der Waals surface area (Å²) in [5, 5.41) is 11.4. The number of ether oxygens (including phenoxy) is 3. The Bertz CT molecular complexity index is 1070. The predicted molar refractivity (Wildman–Crippen MR) is 110 cm³/mol. The molecule has 0 saturated carbocycles. The maximum absolute atomic E-state index is 13.0. The number of nitro groups is 1. The van der Waals surface area contributed by atoms with Gasteiger partial charge in [0.15, 0.2) is 11.5 Å². The Kier molecular flexibility index (Phi) is 5.91. The van der Waals surface area contributed by atoms with Crippen molar-refractivity contribution >= 4 is 17.3 Å². The lowest BCUT2D eigenvalue weighted by atomic mass is 10.1. The van der Waals surface area contributed by atoms with Gasteiger partial charge in [0.05, 0.1) is 17.6 Å². The first-order chi connectivity index (χ1) is 15.7. The molecule has 1 amide bonds. The number of fused-ring (bicyclic) bond motifs is 1. The van der Waals surface area contributed by atoms with Gasteiger partial charge in [-0.3, -0.25) is 14.9 Å². The van der Waals surface area contributed by atoms with Crippen LogP contribution in [0, 0.1) is 10.1 Å². The van der Waals surface area contributed by atoms with E-state index in [1.807, 2.05) is 0 Å². The van der Waals surface area contributed by atoms with Crippen molar-refractivity contribution < 1.29 is 37.1 Å². The highest BCUT2D eigenvalue weighted by molar-refractivity contribution is 5.96. The Morgan fingerprint density at radius 2 is 1.79 bits per heavy atom. The SMILES string of the molecule is COc1cc(C(=O)N2CCN(c3ccc(C(F)(F)F)cc3[N+](=O)[O-])CC2)cc2c1OCCO2. The van der Waals surface area contributed by atoms with Gasteiger partial charge in [0.2, 0.25) is 5.75 Å². The van der Waals surface area contributed by atoms with Crippen molar-refractivity contribution in [2.75, 3.05) is 51.4 Å². The van der Waals surface area contributed by atoms with Crippen LogP contribution in [0.15, 0.2) is 30.3 Å². The lowest BCUT2D eigenvalue weighted by molar-refractivity contribution is -0.384. The van der Waals surface area contributed by atoms with E-state index in [4.69, 9.17) is 14.2 Å². The molecule has 0 spiro atoms. The molecule has 176 valence electrons. The summed E-state index contributed by atoms with van der Waals surface area (Å²) in [6.45, 7) is 1.62. The Morgan fingerprint density at radius 1 is 1.09 bits per heavy atom. The van der Waals surface area contributed by atoms with E-state index >= 15 is 0 Å². The van der Waals surface area contributed by atoms with Crippen molar-refractivity contribution in [3.05, 3.63) is 51.6 Å². The van der Waals surface area contributed by atoms with E-state index in [2.05, 4.69) is 0 Å². The zero-order valence-electron chi connectivity index (χ0n) is 17.6. The average Bonchev–Trinajstić information content (AvgIpc) is 2.82. The molecule has 12 heteroatoms. The van der Waals surface area contributed by atoms with Gasteiger partial charge in [-0.2, -0.15) is 13.2 Å². The number of piperazine rings is 1. The van der Waals surface area contributed by atoms with E-state index in [1.54, 1.807) is 21.9 Å². The number of benzene rings is 2. The highest BCUT2D eigenvalue weighted by Crippen LogP contribution is 2.41. The van der Waals surface area contributed by atoms with Crippen LogP contribution in [0.2, 0.25) is 0 Å². The highest BCUT2D eigenvalue weighted by Gasteiger charge is 2.34. The minimum atomic E-state index is -4.68. The fourth-order valence-electron chi connectivity index (χ4n) is 3.84. The molecular formula is C21H20F3N3O6. The zero-order valence-corrected chi connectivity index (χ0v) is 17.6. The van der Waals surface area contributed by atoms with E-state index in [-0.39, 0.29) is 37.8 Å². The molecule has 0 N–H and O–H groups in total. The maximum Gasteiger partial charge on any atom is 0.416 e. The minimum Gasteiger partial charge on any atom is -0.493 e. The van der Waals surface area contributed by atoms with E-state index in [1.165, 1.54) is 7.11 Å². The zero-order chi connectivity index (χ0) is 23.8. The molecule has 2 aliphatic rings. The molecule has 1 fully saturated rings. The summed E-state index contributed by atoms with van der Waals surface area (Å²) < 4.78 is 55.3. The van der Waals surface area contributed by atoms with Crippen molar-refractivity contribution in [3.63, 3.8) is 0 Å². The summed E-state index contributed by atoms with van der Waals surface area (Å²) in [6, 6.07) is 5.59. The number of carbonyl (C=O) groups is 1. The molecule has 9 nitrogen and oxygen atoms in total. The molecule has 2 heterocycles. The fourth-order valence-corrected chi connectivity index (χ4v) is 3.84. The van der Waals surface area contributed by atoms with Crippen LogP contribution in [0.4, 0.5) is 24.5 Å². The molecule has 0 atom stereocenters. The number of alkyl halides is 3. The largest absolute Gasteiger partial charge is 0.493 e. The molecule has 2 aromatic rings. The fraction of sp³-hybridized carbons (Fsp3) is 0.381. The Morgan fingerprint density at radius 3 is 2.42 bits per heavy atom. The quantitative estimate of drug-likeness (QED) is 0.503. The number of nitro benzene ring substituents is 1. The third-order valence-corrected chi connectivity index (χ3v) is 5.48. The van der Waals surface area contributed by atoms with Gasteiger partial charge in [0.25, 0.3) is 11.6 Å². The molecule has 0 aromatic heterocycles. The monoisotopic (exact) mass is 467 g/mol. The average molecular weight is 467 g/mol. The topological polar surface area (TPSA) is 94.4 Å². The number of hydrogen-bond acceptors (Lipinski definition) is 7. The van der Waals surface area contributed by atoms with Gasteiger partial charge in [-0.15, -0.1) is 0 Å². The van der Waals surface area contributed by atoms with Crippen molar-refractivity contribution in [3.8, 4) is 17.2 Å². The van der Waals surface area contributed by atoms with E-state index < -0.39 is 22.4 Å². The third-order valence-electron chi connectivity index (χ3n) is 5.48. The van der Waals surface area contributed by atoms with Crippen molar-refractivity contribution in [1.29, 1.82) is 0 Å². The van der Waals surface area contributed by atoms with Crippen LogP contribution >= 0.6 is 0 Å². The Balaban J connectivity index is 1.51. The summed E-state index contributed by atoms with van der Waals surface area (Å²) in [5.41, 5.74) is -1.29. The van der Waals surface area contributed by atoms with Gasteiger partial charge in [-0.1, -0.05) is 0 Å². The first-order valence-corrected chi connectivity index (χ1v) is 10.1. The molecule has 1 saturated heterocycles. The number of anilines is 1. The van der Waals surface area contributed by atoms with E-state index in [0.29, 0.717) is 42.1 Å². The number of rotatable bonds is 4. The highest BCUT2D eigenvalue weighted by atomic mass is 19.4. The van der Waals surface area contributed by atoms with Crippen molar-refractivity contribution in [2.24, 2.45) is 0 Å². The van der Waals surface area contributed by atoms with Crippen molar-refractivity contribution in [2.45, 2.75) is 6.18 Å². The van der Waals surface area contributed by atoms with Gasteiger partial charge < -0.3 is 24.0 Å². The van der Waals surface area contributed by atoms with Gasteiger partial charge in [-0.05, 0) is 24.3 Å². The summed E-state index contributed by atoms with van der Waals surface area (Å²) in [7, 11) is 1.46. The van der Waals surface area contributed by atoms with Gasteiger partial charge in [0.1, 0.15) is 18.9 Å². The molecule has 33 heavy (non-hydrogen) atoms. The molecule has 4 rings (SSSR count). The summed E-state index contributed by atoms with van der Waals surface area (Å²) >= 11 is 0. The van der Waals surface area contributed by atoms with Gasteiger partial charge >= 0.3 is 6.18 Å². The van der Waals surface area contributed by atoms with Gasteiger partial charge in [-0.25, -0.2) is 0 Å². The van der Waals surface area contributed by atoms with Crippen LogP contribution in [0.5, 0.6) is 17.2 Å². The smallest absolute Gasteiger partial charge is 0.416 e. The first kappa shape index (κ1) is 22.5. The maximum atomic E-state index is 13.0.